The van der Waals surface area contributed by atoms with Crippen LogP contribution in [0.3, 0.4) is 0 Å². The molecule has 7 heteroatoms. The fourth-order valence-electron chi connectivity index (χ4n) is 3.91. The van der Waals surface area contributed by atoms with Gasteiger partial charge in [-0.15, -0.1) is 0 Å². The molecule has 1 saturated heterocycles. The van der Waals surface area contributed by atoms with Gasteiger partial charge < -0.3 is 14.7 Å². The van der Waals surface area contributed by atoms with E-state index in [0.29, 0.717) is 30.1 Å². The Morgan fingerprint density at radius 3 is 2.88 bits per heavy atom. The van der Waals surface area contributed by atoms with Gasteiger partial charge in [-0.25, -0.2) is 14.8 Å². The summed E-state index contributed by atoms with van der Waals surface area (Å²) in [4.78, 5) is 22.4. The lowest BCUT2D eigenvalue weighted by Crippen LogP contribution is -2.48. The molecule has 2 fully saturated rings. The maximum Gasteiger partial charge on any atom is 0.410 e. The second kappa shape index (κ2) is 6.15. The molecule has 1 aliphatic heterocycles. The zero-order chi connectivity index (χ0) is 17.5. The Hall–Kier alpha value is -1.40. The molecule has 132 valence electrons. The van der Waals surface area contributed by atoms with Gasteiger partial charge in [0.15, 0.2) is 0 Å². The molecule has 2 heterocycles. The van der Waals surface area contributed by atoms with Crippen molar-refractivity contribution in [2.45, 2.75) is 63.7 Å². The van der Waals surface area contributed by atoms with E-state index in [9.17, 15) is 9.90 Å². The molecule has 1 aromatic rings. The number of amides is 1. The van der Waals surface area contributed by atoms with Crippen LogP contribution in [0, 0.1) is 5.92 Å². The number of aliphatic hydroxyl groups is 1. The zero-order valence-corrected chi connectivity index (χ0v) is 15.1. The van der Waals surface area contributed by atoms with Crippen LogP contribution in [0.1, 0.15) is 52.1 Å². The van der Waals surface area contributed by atoms with E-state index < -0.39 is 11.2 Å². The molecule has 24 heavy (non-hydrogen) atoms. The van der Waals surface area contributed by atoms with Crippen molar-refractivity contribution in [1.82, 2.24) is 14.9 Å². The fraction of sp³-hybridized carbons (Fsp3) is 0.706. The van der Waals surface area contributed by atoms with E-state index >= 15 is 0 Å². The van der Waals surface area contributed by atoms with Crippen molar-refractivity contribution in [3.05, 3.63) is 23.2 Å². The van der Waals surface area contributed by atoms with Crippen LogP contribution >= 0.6 is 11.6 Å². The van der Waals surface area contributed by atoms with E-state index in [4.69, 9.17) is 16.3 Å². The maximum absolute atomic E-state index is 12.5. The van der Waals surface area contributed by atoms with Crippen LogP contribution in [0.15, 0.2) is 12.5 Å². The first-order valence-electron chi connectivity index (χ1n) is 8.38. The van der Waals surface area contributed by atoms with Gasteiger partial charge in [-0.3, -0.25) is 0 Å². The lowest BCUT2D eigenvalue weighted by Gasteiger charge is -2.38. The quantitative estimate of drug-likeness (QED) is 0.839. The summed E-state index contributed by atoms with van der Waals surface area (Å²) >= 11 is 6.19. The van der Waals surface area contributed by atoms with Gasteiger partial charge in [0, 0.05) is 25.2 Å². The minimum Gasteiger partial charge on any atom is -0.444 e. The minimum atomic E-state index is -1.13. The predicted molar refractivity (Wildman–Crippen MR) is 89.6 cm³/mol. The molecular formula is C17H24ClN3O3. The molecular weight excluding hydrogens is 330 g/mol. The van der Waals surface area contributed by atoms with Gasteiger partial charge in [0.05, 0.1) is 10.7 Å². The number of nitrogens with zero attached hydrogens (tertiary/aromatic N) is 3. The highest BCUT2D eigenvalue weighted by molar-refractivity contribution is 6.31. The smallest absolute Gasteiger partial charge is 0.410 e. The highest BCUT2D eigenvalue weighted by atomic mass is 35.5. The molecule has 3 unspecified atom stereocenters. The van der Waals surface area contributed by atoms with Crippen LogP contribution in [0.4, 0.5) is 4.79 Å². The summed E-state index contributed by atoms with van der Waals surface area (Å²) in [5, 5.41) is 11.5. The van der Waals surface area contributed by atoms with E-state index in [0.717, 1.165) is 12.8 Å². The third-order valence-electron chi connectivity index (χ3n) is 4.80. The summed E-state index contributed by atoms with van der Waals surface area (Å²) < 4.78 is 5.54. The lowest BCUT2D eigenvalue weighted by molar-refractivity contribution is 0.000566. The number of fused-ring (bicyclic) bond motifs is 1. The summed E-state index contributed by atoms with van der Waals surface area (Å²) in [6.07, 6.45) is 5.45. The van der Waals surface area contributed by atoms with E-state index in [1.54, 1.807) is 4.90 Å². The SMILES string of the molecule is CC(C)(C)OC(=O)N1CCCC2CC(O)(c3ncncc3Cl)CC21. The van der Waals surface area contributed by atoms with E-state index in [1.807, 2.05) is 20.8 Å². The molecule has 1 aliphatic carbocycles. The number of ether oxygens (including phenoxy) is 1. The first-order chi connectivity index (χ1) is 11.2. The van der Waals surface area contributed by atoms with Gasteiger partial charge in [0.2, 0.25) is 0 Å². The van der Waals surface area contributed by atoms with Crippen molar-refractivity contribution in [1.29, 1.82) is 0 Å². The molecule has 0 bridgehead atoms. The number of likely N-dealkylation sites (tertiary alicyclic amines) is 1. The fourth-order valence-corrected chi connectivity index (χ4v) is 4.19. The third kappa shape index (κ3) is 3.35. The Morgan fingerprint density at radius 1 is 1.46 bits per heavy atom. The van der Waals surface area contributed by atoms with Gasteiger partial charge in [-0.1, -0.05) is 11.6 Å². The molecule has 0 aromatic carbocycles. The van der Waals surface area contributed by atoms with Crippen molar-refractivity contribution in [2.24, 2.45) is 5.92 Å². The summed E-state index contributed by atoms with van der Waals surface area (Å²) in [5.41, 5.74) is -1.20. The average Bonchev–Trinajstić information content (AvgIpc) is 2.82. The Morgan fingerprint density at radius 2 is 2.21 bits per heavy atom. The average molecular weight is 354 g/mol. The lowest BCUT2D eigenvalue weighted by atomic mass is 9.91. The summed E-state index contributed by atoms with van der Waals surface area (Å²) in [7, 11) is 0. The Bertz CT molecular complexity index is 634. The molecule has 1 aromatic heterocycles. The zero-order valence-electron chi connectivity index (χ0n) is 14.3. The second-order valence-electron chi connectivity index (χ2n) is 7.80. The molecule has 3 atom stereocenters. The van der Waals surface area contributed by atoms with E-state index in [-0.39, 0.29) is 18.1 Å². The van der Waals surface area contributed by atoms with Crippen molar-refractivity contribution >= 4 is 17.7 Å². The predicted octanol–water partition coefficient (Wildman–Crippen LogP) is 3.13. The topological polar surface area (TPSA) is 75.5 Å². The molecule has 2 aliphatic rings. The Labute approximate surface area is 147 Å². The number of halogens is 1. The van der Waals surface area contributed by atoms with Crippen molar-refractivity contribution < 1.29 is 14.6 Å². The molecule has 1 saturated carbocycles. The van der Waals surface area contributed by atoms with E-state index in [1.165, 1.54) is 12.5 Å². The normalized spacial score (nSPS) is 30.1. The van der Waals surface area contributed by atoms with Crippen LogP contribution in [0.25, 0.3) is 0 Å². The number of hydrogen-bond donors (Lipinski definition) is 1. The highest BCUT2D eigenvalue weighted by Gasteiger charge is 2.51. The van der Waals surface area contributed by atoms with Crippen LogP contribution in [0.5, 0.6) is 0 Å². The maximum atomic E-state index is 12.5. The minimum absolute atomic E-state index is 0.0513. The van der Waals surface area contributed by atoms with E-state index in [2.05, 4.69) is 9.97 Å². The van der Waals surface area contributed by atoms with Crippen LogP contribution in [-0.4, -0.2) is 44.3 Å². The number of carbonyl (C=O) groups excluding carboxylic acids is 1. The van der Waals surface area contributed by atoms with Crippen molar-refractivity contribution in [2.75, 3.05) is 6.54 Å². The number of aromatic nitrogens is 2. The van der Waals surface area contributed by atoms with Crippen molar-refractivity contribution in [3.8, 4) is 0 Å². The molecule has 1 amide bonds. The van der Waals surface area contributed by atoms with Crippen LogP contribution < -0.4 is 0 Å². The molecule has 1 N–H and O–H groups in total. The van der Waals surface area contributed by atoms with Crippen molar-refractivity contribution in [3.63, 3.8) is 0 Å². The number of rotatable bonds is 1. The molecule has 6 nitrogen and oxygen atoms in total. The monoisotopic (exact) mass is 353 g/mol. The Kier molecular flexibility index (Phi) is 4.47. The first kappa shape index (κ1) is 17.4. The number of piperidine rings is 1. The molecule has 0 radical (unpaired) electrons. The van der Waals surface area contributed by atoms with Gasteiger partial charge in [0.1, 0.15) is 17.5 Å². The summed E-state index contributed by atoms with van der Waals surface area (Å²) in [6, 6.07) is -0.0513. The van der Waals surface area contributed by atoms with Crippen LogP contribution in [-0.2, 0) is 10.3 Å². The molecule has 0 spiro atoms. The van der Waals surface area contributed by atoms with Gasteiger partial charge in [-0.2, -0.15) is 0 Å². The largest absolute Gasteiger partial charge is 0.444 e. The number of carbonyl (C=O) groups is 1. The summed E-state index contributed by atoms with van der Waals surface area (Å²) in [6.45, 7) is 6.23. The van der Waals surface area contributed by atoms with Crippen LogP contribution in [0.2, 0.25) is 5.02 Å². The highest BCUT2D eigenvalue weighted by Crippen LogP contribution is 2.48. The number of hydrogen-bond acceptors (Lipinski definition) is 5. The standard InChI is InChI=1S/C17H24ClN3O3/c1-16(2,3)24-15(22)21-6-4-5-11-7-17(23,8-13(11)21)14-12(18)9-19-10-20-14/h9-11,13,23H,4-8H2,1-3H3. The van der Waals surface area contributed by atoms with Gasteiger partial charge in [0.25, 0.3) is 0 Å². The second-order valence-corrected chi connectivity index (χ2v) is 8.21. The Balaban J connectivity index is 1.83. The molecule has 3 rings (SSSR count). The first-order valence-corrected chi connectivity index (χ1v) is 8.75. The third-order valence-corrected chi connectivity index (χ3v) is 5.08. The van der Waals surface area contributed by atoms with Gasteiger partial charge >= 0.3 is 6.09 Å². The van der Waals surface area contributed by atoms with Gasteiger partial charge in [-0.05, 0) is 46.0 Å². The summed E-state index contributed by atoms with van der Waals surface area (Å²) in [5.74, 6) is 0.224.